The summed E-state index contributed by atoms with van der Waals surface area (Å²) in [5, 5.41) is 0. The number of benzene rings is 1. The number of hydrogen-bond acceptors (Lipinski definition) is 3. The van der Waals surface area contributed by atoms with Crippen molar-refractivity contribution in [3.63, 3.8) is 0 Å². The van der Waals surface area contributed by atoms with Gasteiger partial charge in [-0.05, 0) is 37.8 Å². The molecule has 0 saturated carbocycles. The van der Waals surface area contributed by atoms with Crippen molar-refractivity contribution in [2.75, 3.05) is 33.3 Å². The highest BCUT2D eigenvalue weighted by molar-refractivity contribution is 5.97. The van der Waals surface area contributed by atoms with Crippen molar-refractivity contribution >= 4 is 11.8 Å². The molecule has 5 heteroatoms. The molecule has 0 aromatic heterocycles. The minimum atomic E-state index is 0.0403. The Morgan fingerprint density at radius 3 is 2.81 bits per heavy atom. The van der Waals surface area contributed by atoms with Crippen LogP contribution in [-0.4, -0.2) is 54.9 Å². The summed E-state index contributed by atoms with van der Waals surface area (Å²) in [7, 11) is 1.60. The number of piperidine rings is 2. The van der Waals surface area contributed by atoms with Gasteiger partial charge in [-0.3, -0.25) is 9.59 Å². The van der Waals surface area contributed by atoms with Gasteiger partial charge in [-0.15, -0.1) is 0 Å². The lowest BCUT2D eigenvalue weighted by atomic mass is 9.73. The van der Waals surface area contributed by atoms with Crippen LogP contribution in [0.1, 0.15) is 55.8 Å². The molecule has 5 nitrogen and oxygen atoms in total. The first kappa shape index (κ1) is 18.7. The summed E-state index contributed by atoms with van der Waals surface area (Å²) >= 11 is 0. The van der Waals surface area contributed by atoms with Crippen LogP contribution in [0.4, 0.5) is 0 Å². The van der Waals surface area contributed by atoms with Crippen LogP contribution in [0.3, 0.4) is 0 Å². The smallest absolute Gasteiger partial charge is 0.257 e. The molecule has 3 rings (SSSR count). The Morgan fingerprint density at radius 2 is 2.04 bits per heavy atom. The number of unbranched alkanes of at least 4 members (excludes halogenated alkanes) is 1. The summed E-state index contributed by atoms with van der Waals surface area (Å²) < 4.78 is 5.37. The Labute approximate surface area is 156 Å². The van der Waals surface area contributed by atoms with Gasteiger partial charge in [-0.1, -0.05) is 25.5 Å². The Balaban J connectivity index is 1.74. The minimum Gasteiger partial charge on any atom is -0.496 e. The molecule has 2 aliphatic heterocycles. The van der Waals surface area contributed by atoms with Crippen LogP contribution in [0, 0.1) is 5.41 Å². The van der Waals surface area contributed by atoms with E-state index in [1.165, 1.54) is 0 Å². The second-order valence-corrected chi connectivity index (χ2v) is 7.70. The van der Waals surface area contributed by atoms with Crippen molar-refractivity contribution < 1.29 is 14.3 Å². The van der Waals surface area contributed by atoms with Crippen LogP contribution in [-0.2, 0) is 4.79 Å². The monoisotopic (exact) mass is 358 g/mol. The lowest BCUT2D eigenvalue weighted by molar-refractivity contribution is -0.139. The van der Waals surface area contributed by atoms with Crippen LogP contribution in [0.15, 0.2) is 24.3 Å². The maximum atomic E-state index is 13.1. The van der Waals surface area contributed by atoms with Crippen LogP contribution < -0.4 is 4.74 Å². The fourth-order valence-corrected chi connectivity index (χ4v) is 4.36. The molecule has 142 valence electrons. The second kappa shape index (κ2) is 8.11. The lowest BCUT2D eigenvalue weighted by Gasteiger charge is -2.48. The third kappa shape index (κ3) is 3.87. The fraction of sp³-hybridized carbons (Fsp3) is 0.619. The molecule has 2 saturated heterocycles. The number of methoxy groups -OCH3 is 1. The number of hydrogen-bond donors (Lipinski definition) is 0. The van der Waals surface area contributed by atoms with E-state index in [-0.39, 0.29) is 17.2 Å². The van der Waals surface area contributed by atoms with E-state index in [0.29, 0.717) is 17.7 Å². The molecule has 2 amide bonds. The predicted molar refractivity (Wildman–Crippen MR) is 101 cm³/mol. The Morgan fingerprint density at radius 1 is 1.23 bits per heavy atom. The Hall–Kier alpha value is -2.04. The molecular weight excluding hydrogens is 328 g/mol. The van der Waals surface area contributed by atoms with Gasteiger partial charge in [0.05, 0.1) is 12.7 Å². The molecule has 1 atom stereocenters. The Kier molecular flexibility index (Phi) is 5.84. The van der Waals surface area contributed by atoms with Crippen LogP contribution in [0.5, 0.6) is 5.75 Å². The molecule has 0 bridgehead atoms. The summed E-state index contributed by atoms with van der Waals surface area (Å²) in [4.78, 5) is 29.4. The van der Waals surface area contributed by atoms with Crippen molar-refractivity contribution in [2.24, 2.45) is 5.41 Å². The number of ether oxygens (including phenoxy) is 1. The standard InChI is InChI=1S/C21H30N2O3/c1-3-4-13-22-15-21(12-10-19(22)24)11-7-14-23(16-21)20(25)17-8-5-6-9-18(17)26-2/h5-6,8-9H,3-4,7,10-16H2,1-2H3. The van der Waals surface area contributed by atoms with Gasteiger partial charge in [0.15, 0.2) is 0 Å². The molecule has 1 aromatic carbocycles. The minimum absolute atomic E-state index is 0.0403. The zero-order valence-electron chi connectivity index (χ0n) is 16.0. The van der Waals surface area contributed by atoms with Crippen molar-refractivity contribution in [1.82, 2.24) is 9.80 Å². The highest BCUT2D eigenvalue weighted by Crippen LogP contribution is 2.39. The molecule has 26 heavy (non-hydrogen) atoms. The van der Waals surface area contributed by atoms with Crippen molar-refractivity contribution in [3.05, 3.63) is 29.8 Å². The van der Waals surface area contributed by atoms with E-state index >= 15 is 0 Å². The maximum Gasteiger partial charge on any atom is 0.257 e. The summed E-state index contributed by atoms with van der Waals surface area (Å²) in [5.74, 6) is 0.941. The highest BCUT2D eigenvalue weighted by atomic mass is 16.5. The summed E-state index contributed by atoms with van der Waals surface area (Å²) in [6.45, 7) is 5.30. The molecule has 2 heterocycles. The number of rotatable bonds is 5. The first-order valence-corrected chi connectivity index (χ1v) is 9.78. The molecular formula is C21H30N2O3. The normalized spacial score (nSPS) is 23.4. The van der Waals surface area contributed by atoms with E-state index in [1.807, 2.05) is 34.1 Å². The first-order valence-electron chi connectivity index (χ1n) is 9.78. The average Bonchev–Trinajstić information content (AvgIpc) is 2.68. The van der Waals surface area contributed by atoms with Gasteiger partial charge in [0, 0.05) is 38.0 Å². The van der Waals surface area contributed by atoms with E-state index in [9.17, 15) is 9.59 Å². The lowest BCUT2D eigenvalue weighted by Crippen LogP contribution is -2.55. The van der Waals surface area contributed by atoms with E-state index in [0.717, 1.165) is 58.3 Å². The number of carbonyl (C=O) groups is 2. The fourth-order valence-electron chi connectivity index (χ4n) is 4.36. The third-order valence-electron chi connectivity index (χ3n) is 5.82. The molecule has 1 aromatic rings. The molecule has 1 unspecified atom stereocenters. The average molecular weight is 358 g/mol. The van der Waals surface area contributed by atoms with E-state index in [1.54, 1.807) is 7.11 Å². The summed E-state index contributed by atoms with van der Waals surface area (Å²) in [6, 6.07) is 7.42. The SMILES string of the molecule is CCCCN1CC2(CCCN(C(=O)c3ccccc3OC)C2)CCC1=O. The quantitative estimate of drug-likeness (QED) is 0.811. The molecule has 0 radical (unpaired) electrons. The van der Waals surface area contributed by atoms with E-state index < -0.39 is 0 Å². The molecule has 0 N–H and O–H groups in total. The van der Waals surface area contributed by atoms with E-state index in [2.05, 4.69) is 6.92 Å². The van der Waals surface area contributed by atoms with Gasteiger partial charge < -0.3 is 14.5 Å². The summed E-state index contributed by atoms with van der Waals surface area (Å²) in [5.41, 5.74) is 0.680. The molecule has 1 spiro atoms. The van der Waals surface area contributed by atoms with Crippen molar-refractivity contribution in [1.29, 1.82) is 0 Å². The molecule has 2 fully saturated rings. The van der Waals surface area contributed by atoms with E-state index in [4.69, 9.17) is 4.74 Å². The van der Waals surface area contributed by atoms with Crippen LogP contribution in [0.25, 0.3) is 0 Å². The third-order valence-corrected chi connectivity index (χ3v) is 5.82. The van der Waals surface area contributed by atoms with Crippen molar-refractivity contribution in [2.45, 2.75) is 45.4 Å². The summed E-state index contributed by atoms with van der Waals surface area (Å²) in [6.07, 6.45) is 5.74. The Bertz CT molecular complexity index is 660. The predicted octanol–water partition coefficient (Wildman–Crippen LogP) is 3.34. The van der Waals surface area contributed by atoms with Crippen molar-refractivity contribution in [3.8, 4) is 5.75 Å². The van der Waals surface area contributed by atoms with Crippen LogP contribution in [0.2, 0.25) is 0 Å². The van der Waals surface area contributed by atoms with Crippen LogP contribution >= 0.6 is 0 Å². The van der Waals surface area contributed by atoms with Gasteiger partial charge in [0.25, 0.3) is 5.91 Å². The van der Waals surface area contributed by atoms with Gasteiger partial charge in [-0.25, -0.2) is 0 Å². The number of nitrogens with zero attached hydrogens (tertiary/aromatic N) is 2. The molecule has 2 aliphatic rings. The number of para-hydroxylation sites is 1. The maximum absolute atomic E-state index is 13.1. The van der Waals surface area contributed by atoms with Gasteiger partial charge in [0.2, 0.25) is 5.91 Å². The zero-order valence-corrected chi connectivity index (χ0v) is 16.0. The topological polar surface area (TPSA) is 49.9 Å². The number of likely N-dealkylation sites (tertiary alicyclic amines) is 2. The van der Waals surface area contributed by atoms with Gasteiger partial charge in [-0.2, -0.15) is 0 Å². The largest absolute Gasteiger partial charge is 0.496 e. The van der Waals surface area contributed by atoms with Gasteiger partial charge >= 0.3 is 0 Å². The first-order chi connectivity index (χ1) is 12.6. The zero-order chi connectivity index (χ0) is 18.6. The second-order valence-electron chi connectivity index (χ2n) is 7.70. The number of carbonyl (C=O) groups excluding carboxylic acids is 2. The number of amides is 2. The molecule has 0 aliphatic carbocycles. The highest BCUT2D eigenvalue weighted by Gasteiger charge is 2.42. The van der Waals surface area contributed by atoms with Gasteiger partial charge in [0.1, 0.15) is 5.75 Å².